The second-order valence-corrected chi connectivity index (χ2v) is 7.52. The molecule has 0 bridgehead atoms. The minimum atomic E-state index is -0.196. The lowest BCUT2D eigenvalue weighted by Crippen LogP contribution is -2.43. The third-order valence-electron chi connectivity index (χ3n) is 4.98. The summed E-state index contributed by atoms with van der Waals surface area (Å²) in [4.78, 5) is 26.8. The van der Waals surface area contributed by atoms with Crippen LogP contribution in [0.2, 0.25) is 0 Å². The number of aromatic nitrogens is 4. The standard InChI is InChI=1S/C17H24N6O2S/c1-11-14(12(2)22(3)21-11)6-7-15(24)23-8-4-5-13(9-23)16(25)19-17-20-18-10-26-17/h10,13H,4-9H2,1-3H3,(H,19,20,25)/t13-/m0/s1. The summed E-state index contributed by atoms with van der Waals surface area (Å²) >= 11 is 1.29. The Labute approximate surface area is 156 Å². The first kappa shape index (κ1) is 18.5. The normalized spacial score (nSPS) is 17.3. The van der Waals surface area contributed by atoms with Crippen molar-refractivity contribution in [1.29, 1.82) is 0 Å². The summed E-state index contributed by atoms with van der Waals surface area (Å²) in [5.74, 6) is -0.183. The first-order chi connectivity index (χ1) is 12.5. The van der Waals surface area contributed by atoms with Crippen LogP contribution in [0.5, 0.6) is 0 Å². The number of hydrogen-bond acceptors (Lipinski definition) is 6. The highest BCUT2D eigenvalue weighted by Gasteiger charge is 2.29. The third kappa shape index (κ3) is 4.09. The van der Waals surface area contributed by atoms with Gasteiger partial charge in [-0.05, 0) is 38.7 Å². The summed E-state index contributed by atoms with van der Waals surface area (Å²) in [6, 6.07) is 0. The van der Waals surface area contributed by atoms with Crippen molar-refractivity contribution < 1.29 is 9.59 Å². The number of aryl methyl sites for hydroxylation is 2. The SMILES string of the molecule is Cc1nn(C)c(C)c1CCC(=O)N1CCC[C@H](C(=O)Nc2nncs2)C1. The molecule has 1 saturated heterocycles. The minimum Gasteiger partial charge on any atom is -0.342 e. The molecule has 0 aliphatic carbocycles. The van der Waals surface area contributed by atoms with Gasteiger partial charge in [0.05, 0.1) is 11.6 Å². The van der Waals surface area contributed by atoms with Crippen molar-refractivity contribution in [2.75, 3.05) is 18.4 Å². The highest BCUT2D eigenvalue weighted by Crippen LogP contribution is 2.21. The summed E-state index contributed by atoms with van der Waals surface area (Å²) in [5, 5.41) is 15.2. The summed E-state index contributed by atoms with van der Waals surface area (Å²) in [7, 11) is 1.92. The Kier molecular flexibility index (Phi) is 5.65. The maximum absolute atomic E-state index is 12.6. The van der Waals surface area contributed by atoms with Gasteiger partial charge in [-0.15, -0.1) is 10.2 Å². The van der Waals surface area contributed by atoms with E-state index in [1.165, 1.54) is 11.3 Å². The lowest BCUT2D eigenvalue weighted by Gasteiger charge is -2.32. The van der Waals surface area contributed by atoms with Crippen molar-refractivity contribution >= 4 is 28.3 Å². The zero-order valence-electron chi connectivity index (χ0n) is 15.4. The van der Waals surface area contributed by atoms with Gasteiger partial charge in [0.2, 0.25) is 16.9 Å². The van der Waals surface area contributed by atoms with Crippen LogP contribution in [0.15, 0.2) is 5.51 Å². The van der Waals surface area contributed by atoms with Crippen molar-refractivity contribution in [2.45, 2.75) is 39.5 Å². The molecule has 2 aromatic heterocycles. The van der Waals surface area contributed by atoms with Gasteiger partial charge in [0.15, 0.2) is 0 Å². The molecule has 140 valence electrons. The van der Waals surface area contributed by atoms with Gasteiger partial charge in [0, 0.05) is 32.3 Å². The molecule has 26 heavy (non-hydrogen) atoms. The van der Waals surface area contributed by atoms with Crippen molar-refractivity contribution in [1.82, 2.24) is 24.9 Å². The molecular weight excluding hydrogens is 352 g/mol. The summed E-state index contributed by atoms with van der Waals surface area (Å²) in [6.45, 7) is 5.18. The quantitative estimate of drug-likeness (QED) is 0.857. The van der Waals surface area contributed by atoms with Crippen molar-refractivity contribution in [3.8, 4) is 0 Å². The Balaban J connectivity index is 1.55. The molecule has 1 aliphatic rings. The lowest BCUT2D eigenvalue weighted by molar-refractivity contribution is -0.134. The number of nitrogens with zero attached hydrogens (tertiary/aromatic N) is 5. The fraction of sp³-hybridized carbons (Fsp3) is 0.588. The van der Waals surface area contributed by atoms with Crippen LogP contribution in [0.3, 0.4) is 0 Å². The predicted molar refractivity (Wildman–Crippen MR) is 98.8 cm³/mol. The van der Waals surface area contributed by atoms with Crippen LogP contribution in [0.25, 0.3) is 0 Å². The van der Waals surface area contributed by atoms with Crippen LogP contribution >= 0.6 is 11.3 Å². The second-order valence-electron chi connectivity index (χ2n) is 6.69. The molecule has 0 spiro atoms. The van der Waals surface area contributed by atoms with Crippen LogP contribution < -0.4 is 5.32 Å². The predicted octanol–water partition coefficient (Wildman–Crippen LogP) is 1.70. The molecule has 0 aromatic carbocycles. The van der Waals surface area contributed by atoms with E-state index in [1.807, 2.05) is 30.5 Å². The highest BCUT2D eigenvalue weighted by molar-refractivity contribution is 7.13. The monoisotopic (exact) mass is 376 g/mol. The second kappa shape index (κ2) is 7.94. The van der Waals surface area contributed by atoms with Crippen LogP contribution in [0, 0.1) is 19.8 Å². The largest absolute Gasteiger partial charge is 0.342 e. The first-order valence-electron chi connectivity index (χ1n) is 8.79. The number of nitrogens with one attached hydrogen (secondary N) is 1. The zero-order valence-corrected chi connectivity index (χ0v) is 16.2. The summed E-state index contributed by atoms with van der Waals surface area (Å²) in [5.41, 5.74) is 4.80. The number of likely N-dealkylation sites (tertiary alicyclic amines) is 1. The topological polar surface area (TPSA) is 93.0 Å². The lowest BCUT2D eigenvalue weighted by atomic mass is 9.96. The molecule has 1 atom stereocenters. The number of amides is 2. The van der Waals surface area contributed by atoms with E-state index in [9.17, 15) is 9.59 Å². The number of carbonyl (C=O) groups excluding carboxylic acids is 2. The zero-order chi connectivity index (χ0) is 18.7. The Morgan fingerprint density at radius 2 is 2.19 bits per heavy atom. The van der Waals surface area contributed by atoms with Crippen molar-refractivity contribution in [2.24, 2.45) is 13.0 Å². The molecule has 1 fully saturated rings. The molecule has 3 rings (SSSR count). The Morgan fingerprint density at radius 3 is 2.85 bits per heavy atom. The van der Waals surface area contributed by atoms with E-state index in [1.54, 1.807) is 5.51 Å². The van der Waals surface area contributed by atoms with Gasteiger partial charge in [-0.1, -0.05) is 11.3 Å². The van der Waals surface area contributed by atoms with E-state index in [-0.39, 0.29) is 17.7 Å². The molecule has 1 aliphatic heterocycles. The number of rotatable bonds is 5. The molecule has 0 saturated carbocycles. The molecule has 9 heteroatoms. The van der Waals surface area contributed by atoms with E-state index in [2.05, 4.69) is 20.6 Å². The maximum Gasteiger partial charge on any atom is 0.231 e. The molecule has 3 heterocycles. The Morgan fingerprint density at radius 1 is 1.38 bits per heavy atom. The van der Waals surface area contributed by atoms with Crippen LogP contribution in [0.4, 0.5) is 5.13 Å². The van der Waals surface area contributed by atoms with E-state index in [0.717, 1.165) is 29.8 Å². The van der Waals surface area contributed by atoms with E-state index in [4.69, 9.17) is 0 Å². The van der Waals surface area contributed by atoms with Crippen LogP contribution in [-0.4, -0.2) is 49.8 Å². The molecule has 0 unspecified atom stereocenters. The average molecular weight is 376 g/mol. The molecule has 0 radical (unpaired) electrons. The van der Waals surface area contributed by atoms with Gasteiger partial charge >= 0.3 is 0 Å². The maximum atomic E-state index is 12.6. The van der Waals surface area contributed by atoms with Crippen LogP contribution in [0.1, 0.15) is 36.2 Å². The number of carbonyl (C=O) groups is 2. The average Bonchev–Trinajstić information content (AvgIpc) is 3.22. The van der Waals surface area contributed by atoms with Gasteiger partial charge in [0.1, 0.15) is 5.51 Å². The number of anilines is 1. The van der Waals surface area contributed by atoms with Crippen molar-refractivity contribution in [3.63, 3.8) is 0 Å². The van der Waals surface area contributed by atoms with Crippen molar-refractivity contribution in [3.05, 3.63) is 22.5 Å². The molecule has 2 aromatic rings. The van der Waals surface area contributed by atoms with E-state index < -0.39 is 0 Å². The van der Waals surface area contributed by atoms with Gasteiger partial charge in [-0.3, -0.25) is 14.3 Å². The van der Waals surface area contributed by atoms with Gasteiger partial charge in [-0.25, -0.2) is 0 Å². The molecule has 1 N–H and O–H groups in total. The van der Waals surface area contributed by atoms with E-state index >= 15 is 0 Å². The minimum absolute atomic E-state index is 0.0850. The molecule has 8 nitrogen and oxygen atoms in total. The number of piperidine rings is 1. The fourth-order valence-electron chi connectivity index (χ4n) is 3.42. The van der Waals surface area contributed by atoms with E-state index in [0.29, 0.717) is 31.1 Å². The Hall–Kier alpha value is -2.29. The van der Waals surface area contributed by atoms with Gasteiger partial charge < -0.3 is 10.2 Å². The third-order valence-corrected chi connectivity index (χ3v) is 5.59. The first-order valence-corrected chi connectivity index (χ1v) is 9.67. The van der Waals surface area contributed by atoms with Gasteiger partial charge in [0.25, 0.3) is 0 Å². The van der Waals surface area contributed by atoms with Crippen LogP contribution in [-0.2, 0) is 23.1 Å². The smallest absolute Gasteiger partial charge is 0.231 e. The highest BCUT2D eigenvalue weighted by atomic mass is 32.1. The summed E-state index contributed by atoms with van der Waals surface area (Å²) in [6.07, 6.45) is 2.75. The molecule has 2 amide bonds. The number of hydrogen-bond donors (Lipinski definition) is 1. The fourth-order valence-corrected chi connectivity index (χ4v) is 3.87. The van der Waals surface area contributed by atoms with Gasteiger partial charge in [-0.2, -0.15) is 5.10 Å². The Bertz CT molecular complexity index is 786. The molecular formula is C17H24N6O2S. The summed E-state index contributed by atoms with van der Waals surface area (Å²) < 4.78 is 1.85.